The molecule has 6 nitrogen and oxygen atoms in total. The topological polar surface area (TPSA) is 68.5 Å². The maximum absolute atomic E-state index is 12.4. The molecule has 2 fully saturated rings. The lowest BCUT2D eigenvalue weighted by Crippen LogP contribution is -2.43. The minimum Gasteiger partial charge on any atom is -0.423 e. The first-order valence-electron chi connectivity index (χ1n) is 8.15. The van der Waals surface area contributed by atoms with Gasteiger partial charge in [0.05, 0.1) is 6.10 Å². The van der Waals surface area contributed by atoms with Gasteiger partial charge in [-0.25, -0.2) is 0 Å². The van der Waals surface area contributed by atoms with Crippen LogP contribution in [0.5, 0.6) is 0 Å². The van der Waals surface area contributed by atoms with Crippen LogP contribution in [0.15, 0.2) is 28.0 Å². The molecule has 2 aromatic rings. The van der Waals surface area contributed by atoms with E-state index in [9.17, 15) is 4.79 Å². The van der Waals surface area contributed by atoms with Gasteiger partial charge < -0.3 is 14.1 Å². The minimum atomic E-state index is -0.141. The van der Waals surface area contributed by atoms with Crippen LogP contribution in [0.2, 0.25) is 0 Å². The maximum atomic E-state index is 12.4. The van der Waals surface area contributed by atoms with Crippen molar-refractivity contribution in [1.29, 1.82) is 0 Å². The molecule has 7 heteroatoms. The summed E-state index contributed by atoms with van der Waals surface area (Å²) in [4.78, 5) is 15.4. The molecule has 0 unspecified atom stereocenters. The Bertz CT molecular complexity index is 740. The zero-order chi connectivity index (χ0) is 16.5. The van der Waals surface area contributed by atoms with Gasteiger partial charge in [0, 0.05) is 36.9 Å². The quantitative estimate of drug-likeness (QED) is 0.800. The van der Waals surface area contributed by atoms with E-state index < -0.39 is 0 Å². The highest BCUT2D eigenvalue weighted by Crippen LogP contribution is 2.40. The van der Waals surface area contributed by atoms with E-state index in [1.54, 1.807) is 24.3 Å². The highest BCUT2D eigenvalue weighted by atomic mass is 32.1. The fourth-order valence-electron chi connectivity index (χ4n) is 3.40. The molecule has 0 bridgehead atoms. The van der Waals surface area contributed by atoms with Crippen molar-refractivity contribution < 1.29 is 13.9 Å². The van der Waals surface area contributed by atoms with Crippen LogP contribution in [0.1, 0.15) is 35.6 Å². The summed E-state index contributed by atoms with van der Waals surface area (Å²) < 4.78 is 11.6. The number of carbonyl (C=O) groups excluding carboxylic acids is 1. The van der Waals surface area contributed by atoms with Crippen LogP contribution in [0.4, 0.5) is 0 Å². The van der Waals surface area contributed by atoms with Gasteiger partial charge in [-0.05, 0) is 30.4 Å². The lowest BCUT2D eigenvalue weighted by atomic mass is 9.93. The van der Waals surface area contributed by atoms with E-state index in [2.05, 4.69) is 10.2 Å². The molecular formula is C17H19N3O3S. The van der Waals surface area contributed by atoms with Gasteiger partial charge >= 0.3 is 0 Å². The number of hydrogen-bond donors (Lipinski definition) is 0. The Morgan fingerprint density at radius 1 is 1.46 bits per heavy atom. The minimum absolute atomic E-state index is 0.0685. The van der Waals surface area contributed by atoms with Crippen LogP contribution < -0.4 is 0 Å². The van der Waals surface area contributed by atoms with Crippen molar-refractivity contribution in [3.8, 4) is 0 Å². The molecule has 24 heavy (non-hydrogen) atoms. The molecule has 0 aliphatic carbocycles. The van der Waals surface area contributed by atoms with Crippen LogP contribution in [0, 0.1) is 12.8 Å². The van der Waals surface area contributed by atoms with E-state index in [1.807, 2.05) is 28.5 Å². The Hall–Kier alpha value is -1.99. The summed E-state index contributed by atoms with van der Waals surface area (Å²) in [5.41, 5.74) is 0. The van der Waals surface area contributed by atoms with Crippen LogP contribution in [0.3, 0.4) is 0 Å². The molecule has 0 aromatic carbocycles. The molecule has 0 radical (unpaired) electrons. The average molecular weight is 345 g/mol. The molecule has 2 aliphatic heterocycles. The lowest BCUT2D eigenvalue weighted by Gasteiger charge is -2.33. The third-order valence-electron chi connectivity index (χ3n) is 4.58. The molecule has 4 rings (SSSR count). The Morgan fingerprint density at radius 2 is 2.38 bits per heavy atom. The van der Waals surface area contributed by atoms with Gasteiger partial charge in [-0.3, -0.25) is 4.79 Å². The van der Waals surface area contributed by atoms with E-state index in [-0.39, 0.29) is 18.1 Å². The third kappa shape index (κ3) is 3.14. The molecule has 0 spiro atoms. The van der Waals surface area contributed by atoms with Crippen molar-refractivity contribution in [1.82, 2.24) is 15.1 Å². The first-order chi connectivity index (χ1) is 11.7. The smallest absolute Gasteiger partial charge is 0.246 e. The lowest BCUT2D eigenvalue weighted by molar-refractivity contribution is -0.129. The second-order valence-corrected chi connectivity index (χ2v) is 7.22. The largest absolute Gasteiger partial charge is 0.423 e. The molecule has 4 heterocycles. The predicted molar refractivity (Wildman–Crippen MR) is 89.3 cm³/mol. The molecule has 3 atom stereocenters. The SMILES string of the molecule is Cc1nnc([C@H]2C[C@H]3CN(C(=O)/C=C/c4cccs4)CC[C@@H]3O2)o1. The van der Waals surface area contributed by atoms with Gasteiger partial charge in [0.1, 0.15) is 6.10 Å². The number of aromatic nitrogens is 2. The highest BCUT2D eigenvalue weighted by molar-refractivity contribution is 7.10. The second kappa shape index (κ2) is 6.49. The molecule has 0 saturated carbocycles. The van der Waals surface area contributed by atoms with Crippen molar-refractivity contribution in [3.05, 3.63) is 40.2 Å². The Morgan fingerprint density at radius 3 is 3.12 bits per heavy atom. The fraction of sp³-hybridized carbons (Fsp3) is 0.471. The van der Waals surface area contributed by atoms with Crippen molar-refractivity contribution >= 4 is 23.3 Å². The summed E-state index contributed by atoms with van der Waals surface area (Å²) in [5.74, 6) is 1.50. The van der Waals surface area contributed by atoms with Crippen molar-refractivity contribution in [2.24, 2.45) is 5.92 Å². The summed E-state index contributed by atoms with van der Waals surface area (Å²) in [6, 6.07) is 3.98. The molecule has 2 aliphatic rings. The van der Waals surface area contributed by atoms with E-state index in [0.717, 1.165) is 30.8 Å². The van der Waals surface area contributed by atoms with Gasteiger partial charge in [0.2, 0.25) is 17.7 Å². The highest BCUT2D eigenvalue weighted by Gasteiger charge is 2.42. The van der Waals surface area contributed by atoms with Gasteiger partial charge in [0.15, 0.2) is 0 Å². The summed E-state index contributed by atoms with van der Waals surface area (Å²) in [5, 5.41) is 9.94. The van der Waals surface area contributed by atoms with Crippen LogP contribution in [-0.2, 0) is 9.53 Å². The summed E-state index contributed by atoms with van der Waals surface area (Å²) in [6.07, 6.45) is 5.26. The first kappa shape index (κ1) is 15.5. The molecule has 1 amide bonds. The Labute approximate surface area is 144 Å². The molecule has 126 valence electrons. The number of carbonyl (C=O) groups is 1. The van der Waals surface area contributed by atoms with Gasteiger partial charge in [-0.2, -0.15) is 0 Å². The molecule has 2 saturated heterocycles. The standard InChI is InChI=1S/C17H19N3O3S/c1-11-18-19-17(22-11)15-9-12-10-20(7-6-14(12)23-15)16(21)5-4-13-3-2-8-24-13/h2-5,8,12,14-15H,6-7,9-10H2,1H3/b5-4+/t12-,14-,15+/m0/s1. The predicted octanol–water partition coefficient (Wildman–Crippen LogP) is 2.83. The summed E-state index contributed by atoms with van der Waals surface area (Å²) in [7, 11) is 0. The van der Waals surface area contributed by atoms with Crippen LogP contribution in [0.25, 0.3) is 6.08 Å². The number of ether oxygens (including phenoxy) is 1. The van der Waals surface area contributed by atoms with Crippen LogP contribution in [-0.4, -0.2) is 40.2 Å². The number of nitrogens with zero attached hydrogens (tertiary/aromatic N) is 3. The van der Waals surface area contributed by atoms with E-state index in [4.69, 9.17) is 9.15 Å². The van der Waals surface area contributed by atoms with Crippen molar-refractivity contribution in [3.63, 3.8) is 0 Å². The molecule has 2 aromatic heterocycles. The van der Waals surface area contributed by atoms with E-state index >= 15 is 0 Å². The number of hydrogen-bond acceptors (Lipinski definition) is 6. The van der Waals surface area contributed by atoms with Gasteiger partial charge in [0.25, 0.3) is 0 Å². The average Bonchev–Trinajstić information content (AvgIpc) is 3.31. The Balaban J connectivity index is 1.38. The summed E-state index contributed by atoms with van der Waals surface area (Å²) >= 11 is 1.63. The number of fused-ring (bicyclic) bond motifs is 1. The van der Waals surface area contributed by atoms with E-state index in [1.165, 1.54) is 0 Å². The molecule has 0 N–H and O–H groups in total. The first-order valence-corrected chi connectivity index (χ1v) is 9.03. The number of amides is 1. The monoisotopic (exact) mass is 345 g/mol. The van der Waals surface area contributed by atoms with Crippen LogP contribution >= 0.6 is 11.3 Å². The molecular weight excluding hydrogens is 326 g/mol. The zero-order valence-corrected chi connectivity index (χ0v) is 14.2. The maximum Gasteiger partial charge on any atom is 0.246 e. The normalized spacial score (nSPS) is 26.9. The fourth-order valence-corrected chi connectivity index (χ4v) is 4.02. The number of rotatable bonds is 3. The van der Waals surface area contributed by atoms with Crippen molar-refractivity contribution in [2.45, 2.75) is 32.0 Å². The third-order valence-corrected chi connectivity index (χ3v) is 5.42. The second-order valence-electron chi connectivity index (χ2n) is 6.24. The van der Waals surface area contributed by atoms with Gasteiger partial charge in [-0.15, -0.1) is 21.5 Å². The zero-order valence-electron chi connectivity index (χ0n) is 13.4. The Kier molecular flexibility index (Phi) is 4.20. The summed E-state index contributed by atoms with van der Waals surface area (Å²) in [6.45, 7) is 3.23. The van der Waals surface area contributed by atoms with E-state index in [0.29, 0.717) is 17.7 Å². The number of thiophene rings is 1. The number of aryl methyl sites for hydroxylation is 1. The van der Waals surface area contributed by atoms with Crippen molar-refractivity contribution in [2.75, 3.05) is 13.1 Å². The number of piperidine rings is 1. The van der Waals surface area contributed by atoms with Gasteiger partial charge in [-0.1, -0.05) is 6.07 Å². The number of likely N-dealkylation sites (tertiary alicyclic amines) is 1.